The minimum absolute atomic E-state index is 0.113. The SMILES string of the molecule is COc1ccc(C(Br)c2cnc3c(=O)[nH]c(=O)[nH]c3c2)cc1. The van der Waals surface area contributed by atoms with E-state index in [1.54, 1.807) is 19.4 Å². The third kappa shape index (κ3) is 2.67. The molecular formula is C15H12BrN3O3. The summed E-state index contributed by atoms with van der Waals surface area (Å²) in [6, 6.07) is 9.34. The summed E-state index contributed by atoms with van der Waals surface area (Å²) in [5.41, 5.74) is 1.41. The van der Waals surface area contributed by atoms with E-state index in [2.05, 4.69) is 30.9 Å². The lowest BCUT2D eigenvalue weighted by Gasteiger charge is -2.11. The van der Waals surface area contributed by atoms with Crippen LogP contribution in [-0.2, 0) is 0 Å². The van der Waals surface area contributed by atoms with Gasteiger partial charge in [0.15, 0.2) is 5.52 Å². The Labute approximate surface area is 133 Å². The van der Waals surface area contributed by atoms with Gasteiger partial charge in [0.2, 0.25) is 0 Å². The van der Waals surface area contributed by atoms with E-state index in [4.69, 9.17) is 4.74 Å². The van der Waals surface area contributed by atoms with E-state index in [1.165, 1.54) is 0 Å². The molecule has 0 aliphatic rings. The van der Waals surface area contributed by atoms with Gasteiger partial charge in [-0.15, -0.1) is 0 Å². The molecule has 1 unspecified atom stereocenters. The van der Waals surface area contributed by atoms with Gasteiger partial charge in [-0.25, -0.2) is 9.78 Å². The topological polar surface area (TPSA) is 87.8 Å². The largest absolute Gasteiger partial charge is 0.497 e. The standard InChI is InChI=1S/C15H12BrN3O3/c1-22-10-4-2-8(3-5-10)12(16)9-6-11-13(17-7-9)14(20)19-15(21)18-11/h2-7,12H,1H3,(H2,18,19,20,21). The van der Waals surface area contributed by atoms with Crippen LogP contribution in [0.25, 0.3) is 11.0 Å². The summed E-state index contributed by atoms with van der Waals surface area (Å²) in [7, 11) is 1.61. The number of nitrogens with one attached hydrogen (secondary N) is 2. The number of fused-ring (bicyclic) bond motifs is 1. The Morgan fingerprint density at radius 1 is 1.14 bits per heavy atom. The van der Waals surface area contributed by atoms with Crippen LogP contribution in [0, 0.1) is 0 Å². The molecule has 1 aromatic carbocycles. The molecule has 6 nitrogen and oxygen atoms in total. The molecule has 0 spiro atoms. The fourth-order valence-corrected chi connectivity index (χ4v) is 2.73. The van der Waals surface area contributed by atoms with Crippen LogP contribution < -0.4 is 16.0 Å². The molecule has 0 bridgehead atoms. The molecule has 1 atom stereocenters. The summed E-state index contributed by atoms with van der Waals surface area (Å²) < 4.78 is 5.13. The molecule has 2 aromatic heterocycles. The molecule has 0 saturated carbocycles. The van der Waals surface area contributed by atoms with Crippen molar-refractivity contribution in [2.24, 2.45) is 0 Å². The van der Waals surface area contributed by atoms with Crippen LogP contribution in [-0.4, -0.2) is 22.1 Å². The maximum absolute atomic E-state index is 11.7. The molecule has 2 N–H and O–H groups in total. The predicted octanol–water partition coefficient (Wildman–Crippen LogP) is 2.10. The lowest BCUT2D eigenvalue weighted by atomic mass is 10.1. The number of halogens is 1. The third-order valence-electron chi connectivity index (χ3n) is 3.30. The number of aromatic amines is 2. The number of alkyl halides is 1. The van der Waals surface area contributed by atoms with E-state index in [-0.39, 0.29) is 10.3 Å². The second-order valence-electron chi connectivity index (χ2n) is 4.71. The van der Waals surface area contributed by atoms with E-state index >= 15 is 0 Å². The van der Waals surface area contributed by atoms with E-state index in [1.807, 2.05) is 24.3 Å². The summed E-state index contributed by atoms with van der Waals surface area (Å²) in [5.74, 6) is 0.774. The van der Waals surface area contributed by atoms with E-state index in [0.29, 0.717) is 5.52 Å². The van der Waals surface area contributed by atoms with Crippen molar-refractivity contribution in [3.8, 4) is 5.75 Å². The monoisotopic (exact) mass is 361 g/mol. The Hall–Kier alpha value is -2.41. The van der Waals surface area contributed by atoms with Gasteiger partial charge in [-0.05, 0) is 29.3 Å². The second kappa shape index (κ2) is 5.76. The van der Waals surface area contributed by atoms with Crippen molar-refractivity contribution in [3.05, 3.63) is 68.5 Å². The van der Waals surface area contributed by atoms with Crippen LogP contribution in [0.15, 0.2) is 46.1 Å². The van der Waals surface area contributed by atoms with Crippen LogP contribution in [0.5, 0.6) is 5.75 Å². The average Bonchev–Trinajstić information content (AvgIpc) is 2.53. The number of benzene rings is 1. The Morgan fingerprint density at radius 2 is 1.86 bits per heavy atom. The fraction of sp³-hybridized carbons (Fsp3) is 0.133. The van der Waals surface area contributed by atoms with Crippen molar-refractivity contribution in [2.75, 3.05) is 7.11 Å². The van der Waals surface area contributed by atoms with Gasteiger partial charge in [0.05, 0.1) is 17.5 Å². The van der Waals surface area contributed by atoms with Crippen LogP contribution in [0.2, 0.25) is 0 Å². The highest BCUT2D eigenvalue weighted by Gasteiger charge is 2.13. The number of ether oxygens (including phenoxy) is 1. The zero-order valence-electron chi connectivity index (χ0n) is 11.6. The second-order valence-corrected chi connectivity index (χ2v) is 5.62. The smallest absolute Gasteiger partial charge is 0.326 e. The summed E-state index contributed by atoms with van der Waals surface area (Å²) in [6.07, 6.45) is 1.61. The summed E-state index contributed by atoms with van der Waals surface area (Å²) in [4.78, 5) is 31.8. The Balaban J connectivity index is 2.05. The highest BCUT2D eigenvalue weighted by atomic mass is 79.9. The van der Waals surface area contributed by atoms with E-state index in [0.717, 1.165) is 16.9 Å². The number of hydrogen-bond acceptors (Lipinski definition) is 4. The molecule has 0 aliphatic heterocycles. The van der Waals surface area contributed by atoms with Crippen LogP contribution in [0.1, 0.15) is 16.0 Å². The van der Waals surface area contributed by atoms with Crippen molar-refractivity contribution < 1.29 is 4.74 Å². The van der Waals surface area contributed by atoms with Crippen LogP contribution >= 0.6 is 15.9 Å². The first-order valence-electron chi connectivity index (χ1n) is 6.49. The predicted molar refractivity (Wildman–Crippen MR) is 86.7 cm³/mol. The maximum Gasteiger partial charge on any atom is 0.326 e. The molecule has 112 valence electrons. The van der Waals surface area contributed by atoms with Gasteiger partial charge in [0, 0.05) is 6.20 Å². The zero-order valence-corrected chi connectivity index (χ0v) is 13.2. The fourth-order valence-electron chi connectivity index (χ4n) is 2.18. The third-order valence-corrected chi connectivity index (χ3v) is 4.36. The van der Waals surface area contributed by atoms with Crippen molar-refractivity contribution in [3.63, 3.8) is 0 Å². The molecule has 2 heterocycles. The summed E-state index contributed by atoms with van der Waals surface area (Å²) in [5, 5.41) is 0. The number of methoxy groups -OCH3 is 1. The van der Waals surface area contributed by atoms with Crippen molar-refractivity contribution >= 4 is 27.0 Å². The zero-order chi connectivity index (χ0) is 15.7. The van der Waals surface area contributed by atoms with E-state index in [9.17, 15) is 9.59 Å². The number of nitrogens with zero attached hydrogens (tertiary/aromatic N) is 1. The van der Waals surface area contributed by atoms with Gasteiger partial charge in [-0.3, -0.25) is 9.78 Å². The Bertz CT molecular complexity index is 931. The van der Waals surface area contributed by atoms with Gasteiger partial charge < -0.3 is 9.72 Å². The number of rotatable bonds is 3. The van der Waals surface area contributed by atoms with E-state index < -0.39 is 11.2 Å². The van der Waals surface area contributed by atoms with Gasteiger partial charge in [-0.2, -0.15) is 0 Å². The number of H-pyrrole nitrogens is 2. The molecular weight excluding hydrogens is 350 g/mol. The first-order valence-corrected chi connectivity index (χ1v) is 7.40. The average molecular weight is 362 g/mol. The molecule has 22 heavy (non-hydrogen) atoms. The highest BCUT2D eigenvalue weighted by molar-refractivity contribution is 9.09. The summed E-state index contributed by atoms with van der Waals surface area (Å²) in [6.45, 7) is 0. The normalized spacial score (nSPS) is 12.3. The van der Waals surface area contributed by atoms with Crippen molar-refractivity contribution in [1.82, 2.24) is 15.0 Å². The van der Waals surface area contributed by atoms with Crippen molar-refractivity contribution in [2.45, 2.75) is 4.83 Å². The number of aromatic nitrogens is 3. The molecule has 0 aliphatic carbocycles. The lowest BCUT2D eigenvalue weighted by Crippen LogP contribution is -2.22. The molecule has 3 aromatic rings. The quantitative estimate of drug-likeness (QED) is 0.699. The molecule has 0 saturated heterocycles. The molecule has 7 heteroatoms. The minimum atomic E-state index is -0.549. The Morgan fingerprint density at radius 3 is 2.55 bits per heavy atom. The first-order chi connectivity index (χ1) is 10.6. The maximum atomic E-state index is 11.7. The minimum Gasteiger partial charge on any atom is -0.497 e. The molecule has 3 rings (SSSR count). The Kier molecular flexibility index (Phi) is 3.81. The molecule has 0 radical (unpaired) electrons. The van der Waals surface area contributed by atoms with Crippen LogP contribution in [0.3, 0.4) is 0 Å². The molecule has 0 amide bonds. The van der Waals surface area contributed by atoms with Crippen molar-refractivity contribution in [1.29, 1.82) is 0 Å². The summed E-state index contributed by atoms with van der Waals surface area (Å²) >= 11 is 3.60. The highest BCUT2D eigenvalue weighted by Crippen LogP contribution is 2.31. The lowest BCUT2D eigenvalue weighted by molar-refractivity contribution is 0.414. The van der Waals surface area contributed by atoms with Crippen LogP contribution in [0.4, 0.5) is 0 Å². The number of pyridine rings is 1. The van der Waals surface area contributed by atoms with Gasteiger partial charge in [0.1, 0.15) is 5.75 Å². The number of hydrogen-bond donors (Lipinski definition) is 2. The van der Waals surface area contributed by atoms with Gasteiger partial charge in [0.25, 0.3) is 5.56 Å². The van der Waals surface area contributed by atoms with Gasteiger partial charge >= 0.3 is 5.69 Å². The van der Waals surface area contributed by atoms with Gasteiger partial charge in [-0.1, -0.05) is 28.1 Å². The first kappa shape index (κ1) is 14.5. The molecule has 0 fully saturated rings.